The van der Waals surface area contributed by atoms with Crippen LogP contribution in [0.15, 0.2) is 24.5 Å². The molecule has 0 aliphatic heterocycles. The maximum absolute atomic E-state index is 4.06. The fraction of sp³-hybridized carbons (Fsp3) is 0. The Morgan fingerprint density at radius 3 is 3.10 bits per heavy atom. The molecule has 10 heavy (non-hydrogen) atoms. The zero-order valence-electron chi connectivity index (χ0n) is 5.11. The van der Waals surface area contributed by atoms with Crippen molar-refractivity contribution in [2.75, 3.05) is 0 Å². The molecule has 0 amide bonds. The zero-order valence-corrected chi connectivity index (χ0v) is 5.93. The summed E-state index contributed by atoms with van der Waals surface area (Å²) in [4.78, 5) is 3.04. The van der Waals surface area contributed by atoms with E-state index in [2.05, 4.69) is 13.7 Å². The van der Waals surface area contributed by atoms with Crippen molar-refractivity contribution in [3.8, 4) is 11.4 Å². The van der Waals surface area contributed by atoms with Crippen molar-refractivity contribution in [2.45, 2.75) is 0 Å². The third-order valence-electron chi connectivity index (χ3n) is 1.24. The molecule has 4 heteroatoms. The Hall–Kier alpha value is -1.16. The third-order valence-corrected chi connectivity index (χ3v) is 1.71. The van der Waals surface area contributed by atoms with Gasteiger partial charge in [-0.25, -0.2) is 0 Å². The number of hydrogen-bond donors (Lipinski definition) is 1. The summed E-state index contributed by atoms with van der Waals surface area (Å²) in [6.45, 7) is 0. The third kappa shape index (κ3) is 0.823. The average molecular weight is 151 g/mol. The number of aromatic nitrogens is 3. The van der Waals surface area contributed by atoms with E-state index in [9.17, 15) is 0 Å². The monoisotopic (exact) mass is 151 g/mol. The van der Waals surface area contributed by atoms with Crippen molar-refractivity contribution in [1.29, 1.82) is 0 Å². The van der Waals surface area contributed by atoms with Crippen LogP contribution in [0, 0.1) is 0 Å². The van der Waals surface area contributed by atoms with Crippen LogP contribution in [-0.4, -0.2) is 13.7 Å². The van der Waals surface area contributed by atoms with E-state index in [1.54, 1.807) is 6.20 Å². The highest BCUT2D eigenvalue weighted by molar-refractivity contribution is 6.99. The normalized spacial score (nSPS) is 10.0. The van der Waals surface area contributed by atoms with Gasteiger partial charge >= 0.3 is 0 Å². The first-order chi connectivity index (χ1) is 4.97. The van der Waals surface area contributed by atoms with Crippen LogP contribution in [0.3, 0.4) is 0 Å². The van der Waals surface area contributed by atoms with Gasteiger partial charge < -0.3 is 4.98 Å². The summed E-state index contributed by atoms with van der Waals surface area (Å²) in [5.41, 5.74) is 1.93. The Bertz CT molecular complexity index is 252. The maximum Gasteiger partial charge on any atom is 0.120 e. The summed E-state index contributed by atoms with van der Waals surface area (Å²) in [6.07, 6.45) is 3.62. The van der Waals surface area contributed by atoms with Crippen molar-refractivity contribution in [2.24, 2.45) is 0 Å². The Morgan fingerprint density at radius 2 is 2.50 bits per heavy atom. The van der Waals surface area contributed by atoms with E-state index in [1.165, 1.54) is 11.7 Å². The zero-order chi connectivity index (χ0) is 6.81. The van der Waals surface area contributed by atoms with Crippen LogP contribution in [-0.2, 0) is 0 Å². The molecule has 0 spiro atoms. The van der Waals surface area contributed by atoms with Gasteiger partial charge in [0.1, 0.15) is 5.69 Å². The lowest BCUT2D eigenvalue weighted by atomic mass is 10.3. The molecule has 0 aliphatic rings. The van der Waals surface area contributed by atoms with Crippen molar-refractivity contribution in [1.82, 2.24) is 13.7 Å². The summed E-state index contributed by atoms with van der Waals surface area (Å²) >= 11 is 1.22. The highest BCUT2D eigenvalue weighted by Gasteiger charge is 1.98. The molecule has 50 valence electrons. The molecule has 0 aromatic carbocycles. The topological polar surface area (TPSA) is 41.6 Å². The van der Waals surface area contributed by atoms with Crippen LogP contribution in [0.25, 0.3) is 11.4 Å². The van der Waals surface area contributed by atoms with Gasteiger partial charge in [-0.05, 0) is 12.1 Å². The Balaban J connectivity index is 2.48. The van der Waals surface area contributed by atoms with Gasteiger partial charge in [-0.2, -0.15) is 8.75 Å². The second-order valence-electron chi connectivity index (χ2n) is 1.88. The van der Waals surface area contributed by atoms with Crippen LogP contribution < -0.4 is 0 Å². The maximum atomic E-state index is 4.06. The molecular weight excluding hydrogens is 146 g/mol. The molecule has 0 saturated heterocycles. The largest absolute Gasteiger partial charge is 0.360 e. The van der Waals surface area contributed by atoms with Crippen LogP contribution in [0.5, 0.6) is 0 Å². The van der Waals surface area contributed by atoms with E-state index in [-0.39, 0.29) is 0 Å². The van der Waals surface area contributed by atoms with Crippen LogP contribution in [0.4, 0.5) is 0 Å². The van der Waals surface area contributed by atoms with Gasteiger partial charge in [0.15, 0.2) is 0 Å². The van der Waals surface area contributed by atoms with E-state index >= 15 is 0 Å². The van der Waals surface area contributed by atoms with Gasteiger partial charge in [-0.1, -0.05) is 0 Å². The first kappa shape index (κ1) is 5.61. The number of rotatable bonds is 1. The van der Waals surface area contributed by atoms with Crippen molar-refractivity contribution in [3.05, 3.63) is 24.5 Å². The van der Waals surface area contributed by atoms with E-state index in [0.717, 1.165) is 11.4 Å². The smallest absolute Gasteiger partial charge is 0.120 e. The lowest BCUT2D eigenvalue weighted by Gasteiger charge is -1.84. The van der Waals surface area contributed by atoms with E-state index in [4.69, 9.17) is 0 Å². The molecule has 0 unspecified atom stereocenters. The van der Waals surface area contributed by atoms with Gasteiger partial charge in [-0.3, -0.25) is 0 Å². The quantitative estimate of drug-likeness (QED) is 0.671. The summed E-state index contributed by atoms with van der Waals surface area (Å²) in [7, 11) is 0. The van der Waals surface area contributed by atoms with Crippen molar-refractivity contribution < 1.29 is 0 Å². The molecule has 2 aromatic heterocycles. The van der Waals surface area contributed by atoms with Crippen molar-refractivity contribution >= 4 is 11.7 Å². The van der Waals surface area contributed by atoms with E-state index in [0.29, 0.717) is 0 Å². The minimum absolute atomic E-state index is 0.912. The van der Waals surface area contributed by atoms with Gasteiger partial charge in [0.2, 0.25) is 0 Å². The molecule has 2 rings (SSSR count). The second kappa shape index (κ2) is 2.22. The lowest BCUT2D eigenvalue weighted by Crippen LogP contribution is -1.72. The highest BCUT2D eigenvalue weighted by atomic mass is 32.1. The molecule has 2 heterocycles. The van der Waals surface area contributed by atoms with Gasteiger partial charge in [0, 0.05) is 6.20 Å². The second-order valence-corrected chi connectivity index (χ2v) is 2.43. The number of hydrogen-bond acceptors (Lipinski definition) is 3. The first-order valence-corrected chi connectivity index (χ1v) is 3.61. The minimum atomic E-state index is 0.912. The summed E-state index contributed by atoms with van der Waals surface area (Å²) < 4.78 is 7.95. The standard InChI is InChI=1S/C6H5N3S/c1-2-5(7-3-1)6-4-8-10-9-6/h1-4,7H. The van der Waals surface area contributed by atoms with Gasteiger partial charge in [0.25, 0.3) is 0 Å². The summed E-state index contributed by atoms with van der Waals surface area (Å²) in [6, 6.07) is 3.91. The fourth-order valence-electron chi connectivity index (χ4n) is 0.773. The average Bonchev–Trinajstić information content (AvgIpc) is 2.59. The van der Waals surface area contributed by atoms with Gasteiger partial charge in [-0.15, -0.1) is 0 Å². The molecule has 3 nitrogen and oxygen atoms in total. The molecule has 1 N–H and O–H groups in total. The van der Waals surface area contributed by atoms with Crippen LogP contribution in [0.2, 0.25) is 0 Å². The predicted molar refractivity (Wildman–Crippen MR) is 39.7 cm³/mol. The molecule has 0 bridgehead atoms. The molecule has 0 atom stereocenters. The number of H-pyrrole nitrogens is 1. The Kier molecular flexibility index (Phi) is 1.25. The van der Waals surface area contributed by atoms with Crippen molar-refractivity contribution in [3.63, 3.8) is 0 Å². The molecular formula is C6H5N3S. The SMILES string of the molecule is c1c[nH]c(-c2cnsn2)c1. The predicted octanol–water partition coefficient (Wildman–Crippen LogP) is 1.53. The Morgan fingerprint density at radius 1 is 1.50 bits per heavy atom. The summed E-state index contributed by atoms with van der Waals surface area (Å²) in [5, 5.41) is 0. The van der Waals surface area contributed by atoms with Crippen LogP contribution >= 0.6 is 11.7 Å². The van der Waals surface area contributed by atoms with Gasteiger partial charge in [0.05, 0.1) is 23.6 Å². The van der Waals surface area contributed by atoms with E-state index < -0.39 is 0 Å². The van der Waals surface area contributed by atoms with E-state index in [1.807, 2.05) is 18.3 Å². The molecule has 0 radical (unpaired) electrons. The fourth-order valence-corrected chi connectivity index (χ4v) is 1.20. The number of nitrogens with one attached hydrogen (secondary N) is 1. The Labute approximate surface area is 62.1 Å². The number of nitrogens with zero attached hydrogens (tertiary/aromatic N) is 2. The lowest BCUT2D eigenvalue weighted by molar-refractivity contribution is 1.36. The molecule has 0 aliphatic carbocycles. The van der Waals surface area contributed by atoms with Crippen LogP contribution in [0.1, 0.15) is 0 Å². The number of aromatic amines is 1. The molecule has 0 saturated carbocycles. The highest BCUT2D eigenvalue weighted by Crippen LogP contribution is 2.12. The minimum Gasteiger partial charge on any atom is -0.360 e. The summed E-state index contributed by atoms with van der Waals surface area (Å²) in [5.74, 6) is 0. The first-order valence-electron chi connectivity index (χ1n) is 2.88. The molecule has 0 fully saturated rings. The molecule has 2 aromatic rings.